The number of amides is 4. The molecule has 2 aromatic carbocycles. The van der Waals surface area contributed by atoms with E-state index in [4.69, 9.17) is 0 Å². The van der Waals surface area contributed by atoms with Gasteiger partial charge in [-0.2, -0.15) is 13.2 Å². The maximum absolute atomic E-state index is 13.6. The van der Waals surface area contributed by atoms with Crippen LogP contribution >= 0.6 is 0 Å². The Hall–Kier alpha value is -3.69. The SMILES string of the molecule is O=C(C(Cc1ccccc1)N1C(=O)c2ccccc2C1=O)N1CCC(CNC(=O)C(F)(F)F)CC1. The number of rotatable bonds is 6. The van der Waals surface area contributed by atoms with Crippen LogP contribution in [0.4, 0.5) is 13.2 Å². The lowest BCUT2D eigenvalue weighted by atomic mass is 9.95. The van der Waals surface area contributed by atoms with Crippen molar-refractivity contribution in [2.45, 2.75) is 31.5 Å². The van der Waals surface area contributed by atoms with Crippen LogP contribution in [-0.4, -0.2) is 65.3 Å². The van der Waals surface area contributed by atoms with Crippen molar-refractivity contribution in [1.82, 2.24) is 15.1 Å². The van der Waals surface area contributed by atoms with E-state index < -0.39 is 29.9 Å². The van der Waals surface area contributed by atoms with Gasteiger partial charge in [-0.15, -0.1) is 0 Å². The highest BCUT2D eigenvalue weighted by Crippen LogP contribution is 2.28. The number of piperidine rings is 1. The van der Waals surface area contributed by atoms with E-state index >= 15 is 0 Å². The first-order valence-electron chi connectivity index (χ1n) is 11.3. The molecule has 1 unspecified atom stereocenters. The Kier molecular flexibility index (Phi) is 6.90. The fraction of sp³-hybridized carbons (Fsp3) is 0.360. The lowest BCUT2D eigenvalue weighted by molar-refractivity contribution is -0.173. The Balaban J connectivity index is 1.48. The van der Waals surface area contributed by atoms with Crippen LogP contribution in [0.3, 0.4) is 0 Å². The normalized spacial score (nSPS) is 17.3. The third kappa shape index (κ3) is 5.21. The van der Waals surface area contributed by atoms with Crippen LogP contribution in [0.25, 0.3) is 0 Å². The molecule has 4 amide bonds. The Morgan fingerprint density at radius 1 is 0.914 bits per heavy atom. The minimum Gasteiger partial charge on any atom is -0.348 e. The second kappa shape index (κ2) is 9.89. The number of carbonyl (C=O) groups is 4. The molecule has 184 valence electrons. The molecule has 0 aliphatic carbocycles. The molecule has 2 aliphatic heterocycles. The van der Waals surface area contributed by atoms with Crippen LogP contribution in [-0.2, 0) is 16.0 Å². The van der Waals surface area contributed by atoms with E-state index in [-0.39, 0.29) is 49.0 Å². The number of imide groups is 1. The van der Waals surface area contributed by atoms with Crippen LogP contribution in [0.1, 0.15) is 39.1 Å². The summed E-state index contributed by atoms with van der Waals surface area (Å²) in [6, 6.07) is 14.4. The van der Waals surface area contributed by atoms with E-state index in [1.807, 2.05) is 23.5 Å². The highest BCUT2D eigenvalue weighted by molar-refractivity contribution is 6.22. The predicted octanol–water partition coefficient (Wildman–Crippen LogP) is 2.81. The van der Waals surface area contributed by atoms with Crippen molar-refractivity contribution in [3.05, 3.63) is 71.3 Å². The summed E-state index contributed by atoms with van der Waals surface area (Å²) < 4.78 is 37.3. The molecule has 2 aromatic rings. The summed E-state index contributed by atoms with van der Waals surface area (Å²) in [5, 5.41) is 1.89. The number of alkyl halides is 3. The number of nitrogens with one attached hydrogen (secondary N) is 1. The number of hydrogen-bond donors (Lipinski definition) is 1. The monoisotopic (exact) mass is 487 g/mol. The van der Waals surface area contributed by atoms with Crippen LogP contribution in [0.2, 0.25) is 0 Å². The van der Waals surface area contributed by atoms with Gasteiger partial charge in [0.1, 0.15) is 6.04 Å². The van der Waals surface area contributed by atoms with Gasteiger partial charge in [-0.3, -0.25) is 24.1 Å². The predicted molar refractivity (Wildman–Crippen MR) is 119 cm³/mol. The van der Waals surface area contributed by atoms with Gasteiger partial charge in [0.05, 0.1) is 11.1 Å². The first kappa shape index (κ1) is 24.4. The fourth-order valence-corrected chi connectivity index (χ4v) is 4.52. The molecule has 7 nitrogen and oxygen atoms in total. The quantitative estimate of drug-likeness (QED) is 0.635. The first-order chi connectivity index (χ1) is 16.7. The number of halogens is 3. The van der Waals surface area contributed by atoms with Gasteiger partial charge in [-0.05, 0) is 36.5 Å². The lowest BCUT2D eigenvalue weighted by Crippen LogP contribution is -2.54. The second-order valence-electron chi connectivity index (χ2n) is 8.71. The number of likely N-dealkylation sites (tertiary alicyclic amines) is 1. The smallest absolute Gasteiger partial charge is 0.348 e. The van der Waals surface area contributed by atoms with Gasteiger partial charge >= 0.3 is 12.1 Å². The summed E-state index contributed by atoms with van der Waals surface area (Å²) >= 11 is 0. The van der Waals surface area contributed by atoms with Crippen molar-refractivity contribution >= 4 is 23.6 Å². The Labute approximate surface area is 199 Å². The van der Waals surface area contributed by atoms with Crippen molar-refractivity contribution in [3.8, 4) is 0 Å². The summed E-state index contributed by atoms with van der Waals surface area (Å²) in [5.74, 6) is -3.63. The largest absolute Gasteiger partial charge is 0.471 e. The minimum absolute atomic E-state index is 0.133. The molecule has 0 bridgehead atoms. The Morgan fingerprint density at radius 3 is 2.00 bits per heavy atom. The van der Waals surface area contributed by atoms with E-state index in [0.29, 0.717) is 12.8 Å². The molecule has 2 aliphatic rings. The van der Waals surface area contributed by atoms with Crippen molar-refractivity contribution in [2.75, 3.05) is 19.6 Å². The molecule has 1 saturated heterocycles. The lowest BCUT2D eigenvalue weighted by Gasteiger charge is -2.36. The molecule has 1 N–H and O–H groups in total. The number of benzene rings is 2. The molecule has 0 spiro atoms. The first-order valence-corrected chi connectivity index (χ1v) is 11.3. The van der Waals surface area contributed by atoms with Crippen LogP contribution in [0.15, 0.2) is 54.6 Å². The third-order valence-electron chi connectivity index (χ3n) is 6.43. The molecular formula is C25H24F3N3O4. The number of carbonyl (C=O) groups excluding carboxylic acids is 4. The second-order valence-corrected chi connectivity index (χ2v) is 8.71. The maximum Gasteiger partial charge on any atom is 0.471 e. The number of nitrogens with zero attached hydrogens (tertiary/aromatic N) is 2. The number of hydrogen-bond acceptors (Lipinski definition) is 4. The molecule has 1 fully saturated rings. The van der Waals surface area contributed by atoms with Crippen molar-refractivity contribution in [3.63, 3.8) is 0 Å². The van der Waals surface area contributed by atoms with E-state index in [0.717, 1.165) is 10.5 Å². The van der Waals surface area contributed by atoms with E-state index in [1.54, 1.807) is 41.3 Å². The average molecular weight is 487 g/mol. The van der Waals surface area contributed by atoms with Crippen LogP contribution in [0.5, 0.6) is 0 Å². The third-order valence-corrected chi connectivity index (χ3v) is 6.43. The maximum atomic E-state index is 13.6. The summed E-state index contributed by atoms with van der Waals surface area (Å²) in [7, 11) is 0. The Morgan fingerprint density at radius 2 is 1.46 bits per heavy atom. The van der Waals surface area contributed by atoms with E-state index in [9.17, 15) is 32.3 Å². The average Bonchev–Trinajstić information content (AvgIpc) is 3.11. The van der Waals surface area contributed by atoms with Crippen LogP contribution in [0, 0.1) is 5.92 Å². The van der Waals surface area contributed by atoms with Gasteiger partial charge in [0.2, 0.25) is 5.91 Å². The summed E-state index contributed by atoms with van der Waals surface area (Å²) in [4.78, 5) is 53.5. The van der Waals surface area contributed by atoms with Gasteiger partial charge in [0.15, 0.2) is 0 Å². The number of fused-ring (bicyclic) bond motifs is 1. The zero-order valence-corrected chi connectivity index (χ0v) is 18.8. The molecule has 0 radical (unpaired) electrons. The van der Waals surface area contributed by atoms with E-state index in [2.05, 4.69) is 0 Å². The zero-order valence-electron chi connectivity index (χ0n) is 18.8. The molecule has 1 atom stereocenters. The topological polar surface area (TPSA) is 86.8 Å². The standard InChI is InChI=1S/C25H24F3N3O4/c26-25(27,28)24(35)29-15-17-10-12-30(13-11-17)23(34)20(14-16-6-2-1-3-7-16)31-21(32)18-8-4-5-9-19(18)22(31)33/h1-9,17,20H,10-15H2,(H,29,35). The molecule has 4 rings (SSSR count). The molecule has 10 heteroatoms. The van der Waals surface area contributed by atoms with Gasteiger partial charge in [0.25, 0.3) is 11.8 Å². The van der Waals surface area contributed by atoms with Gasteiger partial charge in [0, 0.05) is 26.1 Å². The van der Waals surface area contributed by atoms with E-state index in [1.165, 1.54) is 0 Å². The zero-order chi connectivity index (χ0) is 25.2. The highest BCUT2D eigenvalue weighted by Gasteiger charge is 2.44. The molecule has 0 saturated carbocycles. The summed E-state index contributed by atoms with van der Waals surface area (Å²) in [6.45, 7) is 0.367. The minimum atomic E-state index is -4.94. The molecule has 0 aromatic heterocycles. The van der Waals surface area contributed by atoms with Crippen LogP contribution < -0.4 is 5.32 Å². The molecule has 35 heavy (non-hydrogen) atoms. The van der Waals surface area contributed by atoms with Crippen molar-refractivity contribution in [1.29, 1.82) is 0 Å². The van der Waals surface area contributed by atoms with Gasteiger partial charge < -0.3 is 10.2 Å². The fourth-order valence-electron chi connectivity index (χ4n) is 4.52. The van der Waals surface area contributed by atoms with Gasteiger partial charge in [-0.25, -0.2) is 0 Å². The Bertz CT molecular complexity index is 1090. The highest BCUT2D eigenvalue weighted by atomic mass is 19.4. The van der Waals surface area contributed by atoms with Gasteiger partial charge in [-0.1, -0.05) is 42.5 Å². The molecule has 2 heterocycles. The summed E-state index contributed by atoms with van der Waals surface area (Å²) in [6.07, 6.45) is -4.01. The van der Waals surface area contributed by atoms with Crippen molar-refractivity contribution in [2.24, 2.45) is 5.92 Å². The summed E-state index contributed by atoms with van der Waals surface area (Å²) in [5.41, 5.74) is 1.29. The van der Waals surface area contributed by atoms with Crippen molar-refractivity contribution < 1.29 is 32.3 Å². The molecular weight excluding hydrogens is 463 g/mol.